The lowest BCUT2D eigenvalue weighted by atomic mass is 9.74. The second-order valence-electron chi connectivity index (χ2n) is 7.30. The Kier molecular flexibility index (Phi) is 3.70. The number of rotatable bonds is 1. The van der Waals surface area contributed by atoms with Gasteiger partial charge < -0.3 is 9.47 Å². The van der Waals surface area contributed by atoms with E-state index in [0.717, 1.165) is 24.0 Å². The number of ketones is 1. The highest BCUT2D eigenvalue weighted by Gasteiger charge is 2.41. The number of hydrogen-bond acceptors (Lipinski definition) is 4. The molecule has 1 aromatic rings. The van der Waals surface area contributed by atoms with Gasteiger partial charge in [0.25, 0.3) is 0 Å². The van der Waals surface area contributed by atoms with E-state index in [1.54, 1.807) is 12.1 Å². The molecule has 0 N–H and O–H groups in total. The normalized spacial score (nSPS) is 23.4. The zero-order valence-corrected chi connectivity index (χ0v) is 14.2. The van der Waals surface area contributed by atoms with Crippen molar-refractivity contribution >= 4 is 11.8 Å². The molecular formula is C20H22O4. The lowest BCUT2D eigenvalue weighted by Gasteiger charge is -2.34. The molecular weight excluding hydrogens is 304 g/mol. The topological polar surface area (TPSA) is 52.6 Å². The predicted octanol–water partition coefficient (Wildman–Crippen LogP) is 4.53. The minimum Gasteiger partial charge on any atom is -0.452 e. The molecule has 1 saturated carbocycles. The van der Waals surface area contributed by atoms with Gasteiger partial charge in [0.15, 0.2) is 5.76 Å². The monoisotopic (exact) mass is 326 g/mol. The Morgan fingerprint density at radius 1 is 1.04 bits per heavy atom. The number of fused-ring (bicyclic) bond motifs is 3. The summed E-state index contributed by atoms with van der Waals surface area (Å²) in [5, 5.41) is 0. The van der Waals surface area contributed by atoms with Crippen LogP contribution in [0, 0.1) is 5.92 Å². The first kappa shape index (κ1) is 15.4. The third-order valence-corrected chi connectivity index (χ3v) is 5.47. The Bertz CT molecular complexity index is 749. The molecule has 0 radical (unpaired) electrons. The average molecular weight is 326 g/mol. The van der Waals surface area contributed by atoms with Crippen LogP contribution in [0.15, 0.2) is 23.5 Å². The zero-order valence-electron chi connectivity index (χ0n) is 14.2. The quantitative estimate of drug-likeness (QED) is 0.432. The van der Waals surface area contributed by atoms with Gasteiger partial charge in [0, 0.05) is 11.5 Å². The van der Waals surface area contributed by atoms with Crippen molar-refractivity contribution in [3.63, 3.8) is 0 Å². The van der Waals surface area contributed by atoms with Crippen LogP contribution < -0.4 is 9.47 Å². The SMILES string of the molecule is CC(C)=C1Oc2c(ccc3c2[C@H](C2CCCCC2)CC(=O)O3)C1=O. The maximum Gasteiger partial charge on any atom is 0.311 e. The number of allylic oxidation sites excluding steroid dienone is 2. The molecule has 4 nitrogen and oxygen atoms in total. The van der Waals surface area contributed by atoms with E-state index in [1.807, 2.05) is 13.8 Å². The summed E-state index contributed by atoms with van der Waals surface area (Å²) in [6.45, 7) is 3.76. The van der Waals surface area contributed by atoms with Crippen LogP contribution in [0.5, 0.6) is 11.5 Å². The van der Waals surface area contributed by atoms with Crippen LogP contribution in [0.1, 0.15) is 74.2 Å². The third kappa shape index (κ3) is 2.36. The Morgan fingerprint density at radius 3 is 2.50 bits per heavy atom. The van der Waals surface area contributed by atoms with Gasteiger partial charge in [-0.25, -0.2) is 0 Å². The summed E-state index contributed by atoms with van der Waals surface area (Å²) in [4.78, 5) is 24.7. The molecule has 0 amide bonds. The van der Waals surface area contributed by atoms with E-state index >= 15 is 0 Å². The van der Waals surface area contributed by atoms with Crippen molar-refractivity contribution in [2.24, 2.45) is 5.92 Å². The van der Waals surface area contributed by atoms with Crippen molar-refractivity contribution < 1.29 is 19.1 Å². The smallest absolute Gasteiger partial charge is 0.311 e. The number of carbonyl (C=O) groups is 2. The summed E-state index contributed by atoms with van der Waals surface area (Å²) in [7, 11) is 0. The minimum absolute atomic E-state index is 0.0629. The summed E-state index contributed by atoms with van der Waals surface area (Å²) in [5.74, 6) is 1.93. The van der Waals surface area contributed by atoms with E-state index in [2.05, 4.69) is 0 Å². The lowest BCUT2D eigenvalue weighted by molar-refractivity contribution is -0.136. The highest BCUT2D eigenvalue weighted by molar-refractivity contribution is 6.13. The lowest BCUT2D eigenvalue weighted by Crippen LogP contribution is -2.27. The van der Waals surface area contributed by atoms with Gasteiger partial charge in [-0.1, -0.05) is 19.3 Å². The second kappa shape index (κ2) is 5.76. The highest BCUT2D eigenvalue weighted by atomic mass is 16.5. The minimum atomic E-state index is -0.176. The molecule has 0 unspecified atom stereocenters. The summed E-state index contributed by atoms with van der Waals surface area (Å²) in [6.07, 6.45) is 6.33. The fourth-order valence-electron chi connectivity index (χ4n) is 4.30. The van der Waals surface area contributed by atoms with Gasteiger partial charge in [-0.15, -0.1) is 0 Å². The van der Waals surface area contributed by atoms with Crippen molar-refractivity contribution in [2.75, 3.05) is 0 Å². The van der Waals surface area contributed by atoms with Gasteiger partial charge in [0.2, 0.25) is 5.78 Å². The molecule has 0 bridgehead atoms. The Labute approximate surface area is 141 Å². The number of ether oxygens (including phenoxy) is 2. The van der Waals surface area contributed by atoms with Gasteiger partial charge in [-0.05, 0) is 50.3 Å². The first-order chi connectivity index (χ1) is 11.6. The van der Waals surface area contributed by atoms with Crippen LogP contribution in [0.2, 0.25) is 0 Å². The standard InChI is InChI=1S/C20H22O4/c1-11(2)19-18(22)13-8-9-15-17(20(13)24-19)14(10-16(21)23-15)12-6-4-3-5-7-12/h8-9,12,14H,3-7,10H2,1-2H3/t14-/m0/s1. The van der Waals surface area contributed by atoms with Crippen molar-refractivity contribution in [1.29, 1.82) is 0 Å². The molecule has 0 aromatic heterocycles. The molecule has 1 fully saturated rings. The van der Waals surface area contributed by atoms with Crippen molar-refractivity contribution in [3.05, 3.63) is 34.6 Å². The average Bonchev–Trinajstić information content (AvgIpc) is 2.92. The summed E-state index contributed by atoms with van der Waals surface area (Å²) in [6, 6.07) is 3.49. The van der Waals surface area contributed by atoms with Crippen LogP contribution in [-0.4, -0.2) is 11.8 Å². The molecule has 24 heavy (non-hydrogen) atoms. The number of Topliss-reactive ketones (excluding diaryl/α,β-unsaturated/α-hetero) is 1. The Morgan fingerprint density at radius 2 is 1.79 bits per heavy atom. The predicted molar refractivity (Wildman–Crippen MR) is 89.3 cm³/mol. The molecule has 1 atom stereocenters. The Hall–Kier alpha value is -2.10. The van der Waals surface area contributed by atoms with E-state index in [1.165, 1.54) is 19.3 Å². The highest BCUT2D eigenvalue weighted by Crippen LogP contribution is 2.51. The fourth-order valence-corrected chi connectivity index (χ4v) is 4.30. The van der Waals surface area contributed by atoms with Crippen LogP contribution in [-0.2, 0) is 4.79 Å². The third-order valence-electron chi connectivity index (χ3n) is 5.47. The van der Waals surface area contributed by atoms with Crippen molar-refractivity contribution in [3.8, 4) is 11.5 Å². The van der Waals surface area contributed by atoms with E-state index < -0.39 is 0 Å². The second-order valence-corrected chi connectivity index (χ2v) is 7.30. The van der Waals surface area contributed by atoms with E-state index in [9.17, 15) is 9.59 Å². The maximum atomic E-state index is 12.6. The molecule has 2 heterocycles. The van der Waals surface area contributed by atoms with E-state index in [4.69, 9.17) is 9.47 Å². The van der Waals surface area contributed by atoms with Gasteiger partial charge in [0.05, 0.1) is 12.0 Å². The molecule has 2 aliphatic heterocycles. The van der Waals surface area contributed by atoms with E-state index in [0.29, 0.717) is 35.2 Å². The summed E-state index contributed by atoms with van der Waals surface area (Å²) >= 11 is 0. The molecule has 4 rings (SSSR count). The van der Waals surface area contributed by atoms with Crippen LogP contribution in [0.4, 0.5) is 0 Å². The zero-order chi connectivity index (χ0) is 16.8. The number of esters is 1. The van der Waals surface area contributed by atoms with Gasteiger partial charge in [0.1, 0.15) is 11.5 Å². The first-order valence-electron chi connectivity index (χ1n) is 8.84. The molecule has 126 valence electrons. The van der Waals surface area contributed by atoms with Crippen LogP contribution in [0.3, 0.4) is 0 Å². The van der Waals surface area contributed by atoms with Crippen molar-refractivity contribution in [1.82, 2.24) is 0 Å². The fraction of sp³-hybridized carbons (Fsp3) is 0.500. The maximum absolute atomic E-state index is 12.6. The Balaban J connectivity index is 1.83. The molecule has 1 aliphatic carbocycles. The number of carbonyl (C=O) groups excluding carboxylic acids is 2. The summed E-state index contributed by atoms with van der Waals surface area (Å²) in [5.41, 5.74) is 2.40. The molecule has 0 spiro atoms. The molecule has 1 aromatic carbocycles. The van der Waals surface area contributed by atoms with Gasteiger partial charge >= 0.3 is 5.97 Å². The number of hydrogen-bond donors (Lipinski definition) is 0. The van der Waals surface area contributed by atoms with Gasteiger partial charge in [-0.3, -0.25) is 9.59 Å². The summed E-state index contributed by atoms with van der Waals surface area (Å²) < 4.78 is 11.4. The number of benzene rings is 1. The molecule has 0 saturated heterocycles. The molecule has 3 aliphatic rings. The largest absolute Gasteiger partial charge is 0.452 e. The first-order valence-corrected chi connectivity index (χ1v) is 8.84. The van der Waals surface area contributed by atoms with Crippen LogP contribution >= 0.6 is 0 Å². The van der Waals surface area contributed by atoms with E-state index in [-0.39, 0.29) is 17.7 Å². The molecule has 4 heteroatoms. The van der Waals surface area contributed by atoms with Crippen LogP contribution in [0.25, 0.3) is 0 Å². The van der Waals surface area contributed by atoms with Gasteiger partial charge in [-0.2, -0.15) is 0 Å². The van der Waals surface area contributed by atoms with Crippen molar-refractivity contribution in [2.45, 2.75) is 58.3 Å².